The zero-order valence-electron chi connectivity index (χ0n) is 27.1. The molecule has 2 aliphatic carbocycles. The molecular formula is C37H45N7O3. The molecule has 1 saturated carbocycles. The number of aliphatic hydroxyl groups is 1. The molecular weight excluding hydrogens is 590 g/mol. The molecule has 3 aliphatic rings. The minimum Gasteiger partial charge on any atom is -0.395 e. The van der Waals surface area contributed by atoms with Crippen LogP contribution in [0.25, 0.3) is 22.3 Å². The van der Waals surface area contributed by atoms with E-state index in [9.17, 15) is 9.90 Å². The van der Waals surface area contributed by atoms with Crippen LogP contribution in [0.3, 0.4) is 0 Å². The van der Waals surface area contributed by atoms with Crippen LogP contribution in [0, 0.1) is 0 Å². The lowest BCUT2D eigenvalue weighted by atomic mass is 9.98. The van der Waals surface area contributed by atoms with Gasteiger partial charge in [0.25, 0.3) is 5.91 Å². The number of nitrogen functional groups attached to an aromatic ring is 1. The first-order valence-corrected chi connectivity index (χ1v) is 16.9. The lowest BCUT2D eigenvalue weighted by Crippen LogP contribution is -2.47. The number of hydrogen-bond donors (Lipinski definition) is 3. The fourth-order valence-corrected chi connectivity index (χ4v) is 7.51. The molecule has 10 nitrogen and oxygen atoms in total. The molecule has 246 valence electrons. The maximum absolute atomic E-state index is 13.3. The smallest absolute Gasteiger partial charge is 0.255 e. The van der Waals surface area contributed by atoms with Crippen molar-refractivity contribution in [2.45, 2.75) is 56.9 Å². The number of benzene rings is 2. The van der Waals surface area contributed by atoms with Crippen LogP contribution in [0.2, 0.25) is 0 Å². The largest absolute Gasteiger partial charge is 0.395 e. The Balaban J connectivity index is 0.939. The van der Waals surface area contributed by atoms with Gasteiger partial charge in [0.1, 0.15) is 5.82 Å². The molecule has 4 N–H and O–H groups in total. The summed E-state index contributed by atoms with van der Waals surface area (Å²) in [5, 5.41) is 16.6. The number of ether oxygens (including phenoxy) is 1. The molecule has 7 rings (SSSR count). The highest BCUT2D eigenvalue weighted by molar-refractivity contribution is 5.99. The summed E-state index contributed by atoms with van der Waals surface area (Å²) in [6.07, 6.45) is 10.3. The van der Waals surface area contributed by atoms with Crippen LogP contribution < -0.4 is 11.1 Å². The number of carbonyl (C=O) groups excluding carboxylic acids is 1. The second-order valence-corrected chi connectivity index (χ2v) is 13.2. The van der Waals surface area contributed by atoms with Crippen LogP contribution in [-0.2, 0) is 24.8 Å². The molecule has 10 heteroatoms. The summed E-state index contributed by atoms with van der Waals surface area (Å²) in [6.45, 7) is 5.71. The van der Waals surface area contributed by atoms with Crippen molar-refractivity contribution < 1.29 is 14.6 Å². The highest BCUT2D eigenvalue weighted by Crippen LogP contribution is 2.38. The van der Waals surface area contributed by atoms with Crippen LogP contribution in [0.4, 0.5) is 5.82 Å². The van der Waals surface area contributed by atoms with Crippen molar-refractivity contribution in [3.63, 3.8) is 0 Å². The van der Waals surface area contributed by atoms with Crippen molar-refractivity contribution in [2.24, 2.45) is 7.05 Å². The van der Waals surface area contributed by atoms with E-state index in [1.165, 1.54) is 28.7 Å². The Bertz CT molecular complexity index is 1700. The topological polar surface area (TPSA) is 122 Å². The van der Waals surface area contributed by atoms with Gasteiger partial charge in [-0.1, -0.05) is 42.5 Å². The van der Waals surface area contributed by atoms with Gasteiger partial charge >= 0.3 is 0 Å². The van der Waals surface area contributed by atoms with E-state index in [0.717, 1.165) is 75.1 Å². The number of β-amino-alcohol motifs (C(OH)–C–C–N with tert-alkyl or cyclic N) is 1. The molecule has 0 spiro atoms. The number of aliphatic hydroxyl groups excluding tert-OH is 1. The summed E-state index contributed by atoms with van der Waals surface area (Å²) >= 11 is 0. The number of rotatable bonds is 10. The summed E-state index contributed by atoms with van der Waals surface area (Å²) in [5.41, 5.74) is 14.7. The summed E-state index contributed by atoms with van der Waals surface area (Å²) < 4.78 is 8.08. The Morgan fingerprint density at radius 2 is 1.79 bits per heavy atom. The van der Waals surface area contributed by atoms with Crippen LogP contribution >= 0.6 is 0 Å². The highest BCUT2D eigenvalue weighted by Gasteiger charge is 2.31. The van der Waals surface area contributed by atoms with Crippen molar-refractivity contribution in [1.29, 1.82) is 0 Å². The Kier molecular flexibility index (Phi) is 9.35. The SMILES string of the molecule is Cn1cc(-c2cnc(N)c(C(=O)N[C@H]3CCC[C@@H]3OCc3ccc(-c4ccc5c(c4)CCC5N4CCN(CCO)CC4)cc3)c2)cn1. The van der Waals surface area contributed by atoms with Crippen LogP contribution in [0.1, 0.15) is 58.8 Å². The molecule has 1 aliphatic heterocycles. The summed E-state index contributed by atoms with van der Waals surface area (Å²) in [4.78, 5) is 22.5. The Labute approximate surface area is 276 Å². The van der Waals surface area contributed by atoms with Gasteiger partial charge in [0, 0.05) is 69.3 Å². The van der Waals surface area contributed by atoms with E-state index in [2.05, 4.69) is 67.7 Å². The molecule has 2 aromatic heterocycles. The number of amides is 1. The van der Waals surface area contributed by atoms with Crippen molar-refractivity contribution in [3.8, 4) is 22.3 Å². The lowest BCUT2D eigenvalue weighted by Gasteiger charge is -2.38. The number of nitrogens with two attached hydrogens (primary N) is 1. The van der Waals surface area contributed by atoms with E-state index < -0.39 is 0 Å². The number of fused-ring (bicyclic) bond motifs is 1. The zero-order chi connectivity index (χ0) is 32.3. The fraction of sp³-hybridized carbons (Fsp3) is 0.432. The van der Waals surface area contributed by atoms with Gasteiger partial charge in [-0.2, -0.15) is 5.10 Å². The predicted octanol–water partition coefficient (Wildman–Crippen LogP) is 4.20. The number of anilines is 1. The van der Waals surface area contributed by atoms with Gasteiger partial charge in [-0.15, -0.1) is 0 Å². The highest BCUT2D eigenvalue weighted by atomic mass is 16.5. The van der Waals surface area contributed by atoms with Gasteiger partial charge in [0.05, 0.1) is 37.1 Å². The molecule has 3 atom stereocenters. The molecule has 47 heavy (non-hydrogen) atoms. The maximum Gasteiger partial charge on any atom is 0.255 e. The van der Waals surface area contributed by atoms with Crippen molar-refractivity contribution >= 4 is 11.7 Å². The molecule has 2 aromatic carbocycles. The second-order valence-electron chi connectivity index (χ2n) is 13.2. The van der Waals surface area contributed by atoms with Crippen LogP contribution in [0.15, 0.2) is 67.1 Å². The number of aromatic nitrogens is 3. The average molecular weight is 636 g/mol. The normalized spacial score (nSPS) is 21.6. The number of carbonyl (C=O) groups is 1. The predicted molar refractivity (Wildman–Crippen MR) is 183 cm³/mol. The summed E-state index contributed by atoms with van der Waals surface area (Å²) in [7, 11) is 1.85. The Morgan fingerprint density at radius 1 is 0.979 bits per heavy atom. The van der Waals surface area contributed by atoms with Crippen molar-refractivity contribution in [1.82, 2.24) is 29.9 Å². The molecule has 4 aromatic rings. The number of aryl methyl sites for hydroxylation is 2. The molecule has 3 heterocycles. The van der Waals surface area contributed by atoms with E-state index in [1.54, 1.807) is 23.1 Å². The third kappa shape index (κ3) is 6.96. The van der Waals surface area contributed by atoms with E-state index in [0.29, 0.717) is 18.2 Å². The van der Waals surface area contributed by atoms with Gasteiger partial charge in [-0.25, -0.2) is 4.98 Å². The van der Waals surface area contributed by atoms with Crippen molar-refractivity contribution in [3.05, 3.63) is 89.4 Å². The molecule has 1 amide bonds. The molecule has 0 bridgehead atoms. The first-order valence-electron chi connectivity index (χ1n) is 16.9. The van der Waals surface area contributed by atoms with Gasteiger partial charge in [0.15, 0.2) is 0 Å². The zero-order valence-corrected chi connectivity index (χ0v) is 27.1. The maximum atomic E-state index is 13.3. The van der Waals surface area contributed by atoms with E-state index >= 15 is 0 Å². The fourth-order valence-electron chi connectivity index (χ4n) is 7.51. The second kappa shape index (κ2) is 13.9. The molecule has 1 unspecified atom stereocenters. The van der Waals surface area contributed by atoms with E-state index in [4.69, 9.17) is 10.5 Å². The minimum absolute atomic E-state index is 0.0587. The lowest BCUT2D eigenvalue weighted by molar-refractivity contribution is 0.0272. The quantitative estimate of drug-likeness (QED) is 0.237. The standard InChI is InChI=1S/C37H45N7O3/c1-42-23-30(22-40-42)29-20-32(36(38)39-21-29)37(46)41-33-3-2-4-35(33)47-24-25-5-7-26(8-6-25)27-9-11-31-28(19-27)10-12-34(31)44-15-13-43(14-16-44)17-18-45/h5-9,11,19-23,33-35,45H,2-4,10,12-18,24H2,1H3,(H2,38,39)(H,41,46)/t33-,34?,35-/m0/s1. The Hall–Kier alpha value is -4.09. The van der Waals surface area contributed by atoms with Gasteiger partial charge in [0.2, 0.25) is 0 Å². The number of hydrogen-bond acceptors (Lipinski definition) is 8. The first kappa shape index (κ1) is 31.5. The number of pyridine rings is 1. The number of nitrogens with zero attached hydrogens (tertiary/aromatic N) is 5. The summed E-state index contributed by atoms with van der Waals surface area (Å²) in [5.74, 6) is -0.0193. The van der Waals surface area contributed by atoms with Gasteiger partial charge in [-0.05, 0) is 66.0 Å². The van der Waals surface area contributed by atoms with Crippen LogP contribution in [-0.4, -0.2) is 87.1 Å². The van der Waals surface area contributed by atoms with Crippen molar-refractivity contribution in [2.75, 3.05) is 45.1 Å². The third-order valence-electron chi connectivity index (χ3n) is 10.2. The van der Waals surface area contributed by atoms with E-state index in [-0.39, 0.29) is 30.5 Å². The Morgan fingerprint density at radius 3 is 2.55 bits per heavy atom. The number of nitrogens with one attached hydrogen (secondary N) is 1. The van der Waals surface area contributed by atoms with Gasteiger partial charge in [-0.3, -0.25) is 19.3 Å². The first-order chi connectivity index (χ1) is 22.9. The average Bonchev–Trinajstić information content (AvgIpc) is 3.84. The molecule has 0 radical (unpaired) electrons. The monoisotopic (exact) mass is 635 g/mol. The third-order valence-corrected chi connectivity index (χ3v) is 10.2. The number of piperazine rings is 1. The van der Waals surface area contributed by atoms with Crippen LogP contribution in [0.5, 0.6) is 0 Å². The summed E-state index contributed by atoms with van der Waals surface area (Å²) in [6, 6.07) is 17.9. The van der Waals surface area contributed by atoms with E-state index in [1.807, 2.05) is 13.2 Å². The van der Waals surface area contributed by atoms with Gasteiger partial charge < -0.3 is 20.9 Å². The molecule has 2 fully saturated rings. The molecule has 1 saturated heterocycles. The minimum atomic E-state index is -0.230.